The van der Waals surface area contributed by atoms with Gasteiger partial charge in [0.25, 0.3) is 0 Å². The highest BCUT2D eigenvalue weighted by atomic mass is 35.5. The highest BCUT2D eigenvalue weighted by molar-refractivity contribution is 6.31. The lowest BCUT2D eigenvalue weighted by atomic mass is 10.0. The fourth-order valence-electron chi connectivity index (χ4n) is 1.69. The zero-order valence-corrected chi connectivity index (χ0v) is 9.56. The molecule has 0 unspecified atom stereocenters. The minimum Gasteiger partial charge on any atom is -0.388 e. The molecule has 0 amide bonds. The minimum atomic E-state index is -0.545. The van der Waals surface area contributed by atoms with Gasteiger partial charge in [-0.3, -0.25) is 0 Å². The molecular weight excluding hydrogens is 220 g/mol. The van der Waals surface area contributed by atoms with Crippen LogP contribution in [0.3, 0.4) is 0 Å². The van der Waals surface area contributed by atoms with Gasteiger partial charge in [0.05, 0.1) is 6.10 Å². The maximum absolute atomic E-state index is 10.1. The van der Waals surface area contributed by atoms with Crippen LogP contribution in [0.5, 0.6) is 0 Å². The van der Waals surface area contributed by atoms with Gasteiger partial charge < -0.3 is 5.11 Å². The van der Waals surface area contributed by atoms with Crippen LogP contribution in [0.2, 0.25) is 5.02 Å². The molecule has 0 aliphatic carbocycles. The predicted molar refractivity (Wildman–Crippen MR) is 66.6 cm³/mol. The Balaban J connectivity index is 2.15. The summed E-state index contributed by atoms with van der Waals surface area (Å²) >= 11 is 6.03. The first-order valence-electron chi connectivity index (χ1n) is 5.24. The third kappa shape index (κ3) is 2.63. The molecule has 2 aromatic carbocycles. The normalized spacial score (nSPS) is 12.4. The van der Waals surface area contributed by atoms with Crippen LogP contribution in [-0.2, 0) is 6.42 Å². The Morgan fingerprint density at radius 3 is 2.25 bits per heavy atom. The van der Waals surface area contributed by atoms with E-state index in [1.807, 2.05) is 48.5 Å². The SMILES string of the molecule is O[C@@H](Cc1ccccc1)c1ccccc1Cl. The van der Waals surface area contributed by atoms with Crippen molar-refractivity contribution in [3.05, 3.63) is 70.7 Å². The van der Waals surface area contributed by atoms with E-state index in [1.54, 1.807) is 6.07 Å². The van der Waals surface area contributed by atoms with Crippen molar-refractivity contribution in [1.82, 2.24) is 0 Å². The molecule has 2 heteroatoms. The standard InChI is InChI=1S/C14H13ClO/c15-13-9-5-4-8-12(13)14(16)10-11-6-2-1-3-7-11/h1-9,14,16H,10H2/t14-/m0/s1. The zero-order chi connectivity index (χ0) is 11.4. The zero-order valence-electron chi connectivity index (χ0n) is 8.81. The van der Waals surface area contributed by atoms with Crippen molar-refractivity contribution in [1.29, 1.82) is 0 Å². The smallest absolute Gasteiger partial charge is 0.0844 e. The Labute approximate surface area is 100 Å². The van der Waals surface area contributed by atoms with Crippen LogP contribution in [-0.4, -0.2) is 5.11 Å². The molecule has 0 saturated carbocycles. The molecule has 0 heterocycles. The first kappa shape index (κ1) is 11.2. The Kier molecular flexibility index (Phi) is 3.60. The highest BCUT2D eigenvalue weighted by Crippen LogP contribution is 2.25. The van der Waals surface area contributed by atoms with Gasteiger partial charge >= 0.3 is 0 Å². The summed E-state index contributed by atoms with van der Waals surface area (Å²) in [6.07, 6.45) is 0.0426. The van der Waals surface area contributed by atoms with Gasteiger partial charge in [-0.1, -0.05) is 60.1 Å². The van der Waals surface area contributed by atoms with Crippen molar-refractivity contribution < 1.29 is 5.11 Å². The number of benzene rings is 2. The lowest BCUT2D eigenvalue weighted by Gasteiger charge is -2.12. The molecule has 1 atom stereocenters. The number of hydrogen-bond acceptors (Lipinski definition) is 1. The topological polar surface area (TPSA) is 20.2 Å². The summed E-state index contributed by atoms with van der Waals surface area (Å²) in [6, 6.07) is 17.3. The molecule has 0 bridgehead atoms. The van der Waals surface area contributed by atoms with Gasteiger partial charge in [-0.05, 0) is 17.2 Å². The summed E-state index contributed by atoms with van der Waals surface area (Å²) in [5.74, 6) is 0. The van der Waals surface area contributed by atoms with Crippen molar-refractivity contribution >= 4 is 11.6 Å². The van der Waals surface area contributed by atoms with Crippen molar-refractivity contribution in [2.24, 2.45) is 0 Å². The van der Waals surface area contributed by atoms with E-state index in [4.69, 9.17) is 11.6 Å². The van der Waals surface area contributed by atoms with Crippen molar-refractivity contribution in [3.63, 3.8) is 0 Å². The first-order chi connectivity index (χ1) is 7.77. The molecule has 1 nitrogen and oxygen atoms in total. The number of aliphatic hydroxyl groups excluding tert-OH is 1. The van der Waals surface area contributed by atoms with Crippen LogP contribution < -0.4 is 0 Å². The summed E-state index contributed by atoms with van der Waals surface area (Å²) in [7, 11) is 0. The number of hydrogen-bond donors (Lipinski definition) is 1. The predicted octanol–water partition coefficient (Wildman–Crippen LogP) is 3.62. The number of halogens is 1. The highest BCUT2D eigenvalue weighted by Gasteiger charge is 2.11. The van der Waals surface area contributed by atoms with E-state index in [9.17, 15) is 5.11 Å². The Morgan fingerprint density at radius 2 is 1.56 bits per heavy atom. The Hall–Kier alpha value is -1.31. The number of rotatable bonds is 3. The van der Waals surface area contributed by atoms with E-state index in [0.29, 0.717) is 11.4 Å². The molecule has 2 rings (SSSR count). The second-order valence-corrected chi connectivity index (χ2v) is 4.13. The van der Waals surface area contributed by atoms with Gasteiger partial charge in [-0.2, -0.15) is 0 Å². The summed E-state index contributed by atoms with van der Waals surface area (Å²) in [5.41, 5.74) is 1.89. The maximum atomic E-state index is 10.1. The fraction of sp³-hybridized carbons (Fsp3) is 0.143. The summed E-state index contributed by atoms with van der Waals surface area (Å²) in [5, 5.41) is 10.7. The van der Waals surface area contributed by atoms with E-state index in [-0.39, 0.29) is 0 Å². The van der Waals surface area contributed by atoms with Crippen LogP contribution >= 0.6 is 11.6 Å². The van der Waals surface area contributed by atoms with Gasteiger partial charge in [0.15, 0.2) is 0 Å². The van der Waals surface area contributed by atoms with Gasteiger partial charge in [0, 0.05) is 11.4 Å². The fourth-order valence-corrected chi connectivity index (χ4v) is 1.95. The lowest BCUT2D eigenvalue weighted by molar-refractivity contribution is 0.178. The van der Waals surface area contributed by atoms with Crippen molar-refractivity contribution in [3.8, 4) is 0 Å². The van der Waals surface area contributed by atoms with Crippen LogP contribution in [0.15, 0.2) is 54.6 Å². The van der Waals surface area contributed by atoms with Crippen LogP contribution in [0, 0.1) is 0 Å². The third-order valence-electron chi connectivity index (χ3n) is 2.54. The van der Waals surface area contributed by atoms with E-state index in [2.05, 4.69) is 0 Å². The van der Waals surface area contributed by atoms with Gasteiger partial charge in [-0.15, -0.1) is 0 Å². The van der Waals surface area contributed by atoms with E-state index >= 15 is 0 Å². The van der Waals surface area contributed by atoms with E-state index in [0.717, 1.165) is 11.1 Å². The van der Waals surface area contributed by atoms with Crippen LogP contribution in [0.4, 0.5) is 0 Å². The average molecular weight is 233 g/mol. The molecule has 1 N–H and O–H groups in total. The van der Waals surface area contributed by atoms with Crippen LogP contribution in [0.25, 0.3) is 0 Å². The molecule has 0 saturated heterocycles. The third-order valence-corrected chi connectivity index (χ3v) is 2.88. The minimum absolute atomic E-state index is 0.545. The van der Waals surface area contributed by atoms with Gasteiger partial charge in [-0.25, -0.2) is 0 Å². The Morgan fingerprint density at radius 1 is 0.938 bits per heavy atom. The molecular formula is C14H13ClO. The molecule has 0 aromatic heterocycles. The molecule has 16 heavy (non-hydrogen) atoms. The summed E-state index contributed by atoms with van der Waals surface area (Å²) in [6.45, 7) is 0. The maximum Gasteiger partial charge on any atom is 0.0844 e. The van der Waals surface area contributed by atoms with E-state index < -0.39 is 6.10 Å². The molecule has 0 spiro atoms. The summed E-state index contributed by atoms with van der Waals surface area (Å²) < 4.78 is 0. The largest absolute Gasteiger partial charge is 0.388 e. The molecule has 0 aliphatic heterocycles. The Bertz CT molecular complexity index is 453. The van der Waals surface area contributed by atoms with E-state index in [1.165, 1.54) is 0 Å². The molecule has 82 valence electrons. The number of aliphatic hydroxyl groups is 1. The quantitative estimate of drug-likeness (QED) is 0.857. The molecule has 2 aromatic rings. The van der Waals surface area contributed by atoms with Crippen molar-refractivity contribution in [2.45, 2.75) is 12.5 Å². The van der Waals surface area contributed by atoms with Crippen molar-refractivity contribution in [2.75, 3.05) is 0 Å². The first-order valence-corrected chi connectivity index (χ1v) is 5.61. The second-order valence-electron chi connectivity index (χ2n) is 3.73. The molecule has 0 radical (unpaired) electrons. The van der Waals surface area contributed by atoms with Gasteiger partial charge in [0.2, 0.25) is 0 Å². The second kappa shape index (κ2) is 5.15. The van der Waals surface area contributed by atoms with Gasteiger partial charge in [0.1, 0.15) is 0 Å². The molecule has 0 aliphatic rings. The summed E-state index contributed by atoms with van der Waals surface area (Å²) in [4.78, 5) is 0. The lowest BCUT2D eigenvalue weighted by Crippen LogP contribution is -2.02. The monoisotopic (exact) mass is 232 g/mol. The van der Waals surface area contributed by atoms with Crippen LogP contribution in [0.1, 0.15) is 17.2 Å². The molecule has 0 fully saturated rings. The average Bonchev–Trinajstić information content (AvgIpc) is 2.31.